The summed E-state index contributed by atoms with van der Waals surface area (Å²) in [6.07, 6.45) is 11.9. The lowest BCUT2D eigenvalue weighted by Gasteiger charge is -2.57. The van der Waals surface area contributed by atoms with Crippen molar-refractivity contribution in [2.24, 2.45) is 5.41 Å². The molecule has 0 aromatic carbocycles. The first-order chi connectivity index (χ1) is 11.2. The van der Waals surface area contributed by atoms with Crippen molar-refractivity contribution in [3.63, 3.8) is 0 Å². The standard InChI is InChI=1S/C18H27N3O2/c1-3-11-21(17(22)14-13-19-9-10-20-14)15-12-16(23-4-2)18(15)7-5-6-8-18/h9-10,13,15-16H,3-8,11-12H2,1-2H3. The molecule has 1 heterocycles. The molecule has 0 N–H and O–H groups in total. The van der Waals surface area contributed by atoms with E-state index in [0.717, 1.165) is 26.0 Å². The van der Waals surface area contributed by atoms with E-state index >= 15 is 0 Å². The predicted molar refractivity (Wildman–Crippen MR) is 88.1 cm³/mol. The van der Waals surface area contributed by atoms with E-state index in [9.17, 15) is 4.79 Å². The highest BCUT2D eigenvalue weighted by Crippen LogP contribution is 2.56. The van der Waals surface area contributed by atoms with E-state index in [4.69, 9.17) is 4.74 Å². The first-order valence-electron chi connectivity index (χ1n) is 8.91. The van der Waals surface area contributed by atoms with Gasteiger partial charge in [-0.3, -0.25) is 9.78 Å². The Morgan fingerprint density at radius 1 is 1.35 bits per heavy atom. The lowest BCUT2D eigenvalue weighted by molar-refractivity contribution is -0.156. The minimum atomic E-state index is 0.0196. The average molecular weight is 317 g/mol. The number of carbonyl (C=O) groups excluding carboxylic acids is 1. The van der Waals surface area contributed by atoms with Crippen LogP contribution in [0.25, 0.3) is 0 Å². The van der Waals surface area contributed by atoms with E-state index in [1.54, 1.807) is 18.6 Å². The molecule has 2 fully saturated rings. The number of hydrogen-bond donors (Lipinski definition) is 0. The average Bonchev–Trinajstić information content (AvgIpc) is 3.10. The summed E-state index contributed by atoms with van der Waals surface area (Å²) in [6, 6.07) is 0.288. The van der Waals surface area contributed by atoms with Crippen LogP contribution < -0.4 is 0 Å². The van der Waals surface area contributed by atoms with E-state index in [-0.39, 0.29) is 17.4 Å². The molecular weight excluding hydrogens is 290 g/mol. The van der Waals surface area contributed by atoms with E-state index in [0.29, 0.717) is 11.8 Å². The Labute approximate surface area is 138 Å². The van der Waals surface area contributed by atoms with Gasteiger partial charge in [0.25, 0.3) is 5.91 Å². The van der Waals surface area contributed by atoms with Crippen LogP contribution in [-0.4, -0.2) is 46.1 Å². The van der Waals surface area contributed by atoms with Gasteiger partial charge < -0.3 is 9.64 Å². The molecule has 5 heteroatoms. The van der Waals surface area contributed by atoms with Gasteiger partial charge in [0.05, 0.1) is 12.3 Å². The second-order valence-electron chi connectivity index (χ2n) is 6.72. The highest BCUT2D eigenvalue weighted by Gasteiger charge is 2.59. The van der Waals surface area contributed by atoms with E-state index in [1.165, 1.54) is 25.7 Å². The molecule has 0 bridgehead atoms. The van der Waals surface area contributed by atoms with Gasteiger partial charge in [0.1, 0.15) is 5.69 Å². The number of amides is 1. The molecule has 2 unspecified atom stereocenters. The second kappa shape index (κ2) is 6.95. The molecule has 2 saturated carbocycles. The summed E-state index contributed by atoms with van der Waals surface area (Å²) in [7, 11) is 0. The molecule has 0 saturated heterocycles. The number of ether oxygens (including phenoxy) is 1. The Kier molecular flexibility index (Phi) is 4.95. The van der Waals surface area contributed by atoms with Crippen LogP contribution in [-0.2, 0) is 4.74 Å². The highest BCUT2D eigenvalue weighted by atomic mass is 16.5. The van der Waals surface area contributed by atoms with Crippen LogP contribution >= 0.6 is 0 Å². The largest absolute Gasteiger partial charge is 0.378 e. The topological polar surface area (TPSA) is 55.3 Å². The van der Waals surface area contributed by atoms with Gasteiger partial charge in [-0.25, -0.2) is 4.98 Å². The number of hydrogen-bond acceptors (Lipinski definition) is 4. The Balaban J connectivity index is 1.82. The minimum absolute atomic E-state index is 0.0196. The van der Waals surface area contributed by atoms with E-state index in [1.807, 2.05) is 4.90 Å². The van der Waals surface area contributed by atoms with E-state index in [2.05, 4.69) is 23.8 Å². The molecular formula is C18H27N3O2. The zero-order valence-electron chi connectivity index (χ0n) is 14.2. The van der Waals surface area contributed by atoms with Crippen LogP contribution in [0.5, 0.6) is 0 Å². The fraction of sp³-hybridized carbons (Fsp3) is 0.722. The lowest BCUT2D eigenvalue weighted by Crippen LogP contribution is -2.65. The van der Waals surface area contributed by atoms with E-state index < -0.39 is 0 Å². The van der Waals surface area contributed by atoms with Crippen LogP contribution in [0.2, 0.25) is 0 Å². The van der Waals surface area contributed by atoms with Crippen molar-refractivity contribution in [2.45, 2.75) is 64.5 Å². The molecule has 0 radical (unpaired) electrons. The van der Waals surface area contributed by atoms with Gasteiger partial charge in [0.2, 0.25) is 0 Å². The van der Waals surface area contributed by atoms with Gasteiger partial charge in [0, 0.05) is 37.0 Å². The Bertz CT molecular complexity index is 528. The third-order valence-corrected chi connectivity index (χ3v) is 5.53. The van der Waals surface area contributed by atoms with Crippen LogP contribution in [0.3, 0.4) is 0 Å². The summed E-state index contributed by atoms with van der Waals surface area (Å²) < 4.78 is 5.99. The number of rotatable bonds is 6. The maximum absolute atomic E-state index is 13.0. The zero-order valence-corrected chi connectivity index (χ0v) is 14.2. The van der Waals surface area contributed by atoms with Crippen molar-refractivity contribution < 1.29 is 9.53 Å². The Hall–Kier alpha value is -1.49. The van der Waals surface area contributed by atoms with Crippen molar-refractivity contribution in [2.75, 3.05) is 13.2 Å². The molecule has 3 rings (SSSR count). The third kappa shape index (κ3) is 2.87. The fourth-order valence-electron chi connectivity index (χ4n) is 4.48. The molecule has 1 aromatic rings. The molecule has 23 heavy (non-hydrogen) atoms. The maximum atomic E-state index is 13.0. The van der Waals surface area contributed by atoms with Crippen molar-refractivity contribution in [3.8, 4) is 0 Å². The van der Waals surface area contributed by atoms with Gasteiger partial charge in [-0.2, -0.15) is 0 Å². The quantitative estimate of drug-likeness (QED) is 0.809. The highest BCUT2D eigenvalue weighted by molar-refractivity contribution is 5.92. The molecule has 2 atom stereocenters. The third-order valence-electron chi connectivity index (χ3n) is 5.53. The first kappa shape index (κ1) is 16.4. The molecule has 1 spiro atoms. The number of carbonyl (C=O) groups is 1. The van der Waals surface area contributed by atoms with Gasteiger partial charge in [-0.15, -0.1) is 0 Å². The molecule has 5 nitrogen and oxygen atoms in total. The Morgan fingerprint density at radius 3 is 2.74 bits per heavy atom. The number of nitrogens with zero attached hydrogens (tertiary/aromatic N) is 3. The summed E-state index contributed by atoms with van der Waals surface area (Å²) in [6.45, 7) is 5.72. The van der Waals surface area contributed by atoms with Crippen molar-refractivity contribution in [1.82, 2.24) is 14.9 Å². The van der Waals surface area contributed by atoms with Gasteiger partial charge in [-0.05, 0) is 32.6 Å². The zero-order chi connectivity index (χ0) is 16.3. The summed E-state index contributed by atoms with van der Waals surface area (Å²) in [5.41, 5.74) is 0.622. The van der Waals surface area contributed by atoms with Crippen molar-refractivity contribution in [3.05, 3.63) is 24.3 Å². The monoisotopic (exact) mass is 317 g/mol. The molecule has 2 aliphatic rings. The second-order valence-corrected chi connectivity index (χ2v) is 6.72. The summed E-state index contributed by atoms with van der Waals surface area (Å²) in [5.74, 6) is 0.0196. The SMILES string of the molecule is CCCN(C(=O)c1cnccn1)C1CC(OCC)C12CCCC2. The van der Waals surface area contributed by atoms with Gasteiger partial charge >= 0.3 is 0 Å². The van der Waals surface area contributed by atoms with Crippen LogP contribution in [0.1, 0.15) is 62.9 Å². The smallest absolute Gasteiger partial charge is 0.274 e. The predicted octanol–water partition coefficient (Wildman–Crippen LogP) is 3.07. The summed E-state index contributed by atoms with van der Waals surface area (Å²) >= 11 is 0. The van der Waals surface area contributed by atoms with Crippen LogP contribution in [0.15, 0.2) is 18.6 Å². The minimum Gasteiger partial charge on any atom is -0.378 e. The Morgan fingerprint density at radius 2 is 2.13 bits per heavy atom. The number of aromatic nitrogens is 2. The molecule has 2 aliphatic carbocycles. The van der Waals surface area contributed by atoms with Crippen LogP contribution in [0.4, 0.5) is 0 Å². The molecule has 1 aromatic heterocycles. The first-order valence-corrected chi connectivity index (χ1v) is 8.91. The normalized spacial score (nSPS) is 25.3. The molecule has 126 valence electrons. The van der Waals surface area contributed by atoms with Gasteiger partial charge in [-0.1, -0.05) is 19.8 Å². The summed E-state index contributed by atoms with van der Waals surface area (Å²) in [5, 5.41) is 0. The fourth-order valence-corrected chi connectivity index (χ4v) is 4.48. The van der Waals surface area contributed by atoms with Gasteiger partial charge in [0.15, 0.2) is 0 Å². The molecule has 0 aliphatic heterocycles. The van der Waals surface area contributed by atoms with Crippen molar-refractivity contribution >= 4 is 5.91 Å². The van der Waals surface area contributed by atoms with Crippen LogP contribution in [0, 0.1) is 5.41 Å². The lowest BCUT2D eigenvalue weighted by atomic mass is 9.59. The summed E-state index contributed by atoms with van der Waals surface area (Å²) in [4.78, 5) is 23.3. The molecule has 1 amide bonds. The maximum Gasteiger partial charge on any atom is 0.274 e. The van der Waals surface area contributed by atoms with Crippen molar-refractivity contribution in [1.29, 1.82) is 0 Å².